The highest BCUT2D eigenvalue weighted by molar-refractivity contribution is 5.90. The third-order valence-corrected chi connectivity index (χ3v) is 4.56. The van der Waals surface area contributed by atoms with E-state index in [1.807, 2.05) is 27.7 Å². The van der Waals surface area contributed by atoms with Gasteiger partial charge in [0.25, 0.3) is 5.56 Å². The van der Waals surface area contributed by atoms with Crippen LogP contribution >= 0.6 is 0 Å². The molecule has 26 heavy (non-hydrogen) atoms. The lowest BCUT2D eigenvalue weighted by Gasteiger charge is -2.39. The van der Waals surface area contributed by atoms with Gasteiger partial charge in [-0.1, -0.05) is 0 Å². The Kier molecular flexibility index (Phi) is 5.78. The van der Waals surface area contributed by atoms with E-state index in [4.69, 9.17) is 9.47 Å². The number of ether oxygens (including phenoxy) is 2. The Hall–Kier alpha value is -2.31. The van der Waals surface area contributed by atoms with Crippen LogP contribution in [0.2, 0.25) is 0 Å². The van der Waals surface area contributed by atoms with E-state index in [1.165, 1.54) is 13.2 Å². The lowest BCUT2D eigenvalue weighted by atomic mass is 9.98. The predicted octanol–water partition coefficient (Wildman–Crippen LogP) is 2.90. The molecule has 7 heteroatoms. The number of pyridine rings is 1. The summed E-state index contributed by atoms with van der Waals surface area (Å²) in [6.07, 6.45) is 2.47. The van der Waals surface area contributed by atoms with Gasteiger partial charge in [0.05, 0.1) is 12.7 Å². The molecule has 0 aromatic carbocycles. The summed E-state index contributed by atoms with van der Waals surface area (Å²) >= 11 is 0. The summed E-state index contributed by atoms with van der Waals surface area (Å²) in [6.45, 7) is 9.66. The molecule has 0 bridgehead atoms. The minimum atomic E-state index is -0.545. The zero-order valence-corrected chi connectivity index (χ0v) is 16.4. The zero-order valence-electron chi connectivity index (χ0n) is 16.4. The second-order valence-electron chi connectivity index (χ2n) is 7.81. The highest BCUT2D eigenvalue weighted by Gasteiger charge is 2.33. The summed E-state index contributed by atoms with van der Waals surface area (Å²) in [5, 5.41) is 0. The minimum absolute atomic E-state index is 0.0709. The van der Waals surface area contributed by atoms with Gasteiger partial charge in [-0.05, 0) is 53.0 Å². The second-order valence-corrected chi connectivity index (χ2v) is 7.81. The quantitative estimate of drug-likeness (QED) is 0.754. The largest absolute Gasteiger partial charge is 0.465 e. The summed E-state index contributed by atoms with van der Waals surface area (Å²) in [5.41, 5.74) is 0.279. The normalized spacial score (nSPS) is 20.6. The van der Waals surface area contributed by atoms with E-state index in [9.17, 15) is 14.4 Å². The first kappa shape index (κ1) is 20.0. The standard InChI is InChI=1S/C19H28N2O5/c1-12-9-16(22)21(11-15(12)17(23)25-6)14-7-8-20(13(2)10-14)18(24)26-19(3,4)5/h9,11,13-14H,7-8,10H2,1-6H3/t13-,14?/m1/s1. The van der Waals surface area contributed by atoms with Gasteiger partial charge < -0.3 is 18.9 Å². The lowest BCUT2D eigenvalue weighted by Crippen LogP contribution is -2.48. The van der Waals surface area contributed by atoms with Crippen molar-refractivity contribution >= 4 is 12.1 Å². The smallest absolute Gasteiger partial charge is 0.410 e. The number of aromatic nitrogens is 1. The van der Waals surface area contributed by atoms with E-state index >= 15 is 0 Å². The van der Waals surface area contributed by atoms with Crippen LogP contribution in [0.1, 0.15) is 62.5 Å². The fraction of sp³-hybridized carbons (Fsp3) is 0.632. The minimum Gasteiger partial charge on any atom is -0.465 e. The molecule has 1 amide bonds. The first-order valence-electron chi connectivity index (χ1n) is 8.84. The number of amides is 1. The SMILES string of the molecule is COC(=O)c1cn(C2CCN(C(=O)OC(C)(C)C)[C@H](C)C2)c(=O)cc1C. The first-order chi connectivity index (χ1) is 12.0. The van der Waals surface area contributed by atoms with E-state index in [0.29, 0.717) is 30.5 Å². The molecule has 0 radical (unpaired) electrons. The second kappa shape index (κ2) is 7.51. The van der Waals surface area contributed by atoms with E-state index in [1.54, 1.807) is 22.6 Å². The maximum atomic E-state index is 12.4. The monoisotopic (exact) mass is 364 g/mol. The molecule has 2 atom stereocenters. The van der Waals surface area contributed by atoms with Gasteiger partial charge >= 0.3 is 12.1 Å². The fourth-order valence-corrected chi connectivity index (χ4v) is 3.24. The number of piperidine rings is 1. The number of aryl methyl sites for hydroxylation is 1. The Labute approximate surface area is 153 Å². The van der Waals surface area contributed by atoms with E-state index in [-0.39, 0.29) is 23.7 Å². The molecule has 0 N–H and O–H groups in total. The molecule has 1 aliphatic rings. The van der Waals surface area contributed by atoms with Crippen LogP contribution in [-0.2, 0) is 9.47 Å². The lowest BCUT2D eigenvalue weighted by molar-refractivity contribution is 0.00771. The van der Waals surface area contributed by atoms with E-state index in [0.717, 1.165) is 0 Å². The molecule has 144 valence electrons. The molecule has 2 rings (SSSR count). The van der Waals surface area contributed by atoms with Crippen LogP contribution in [0.3, 0.4) is 0 Å². The van der Waals surface area contributed by atoms with Crippen LogP contribution in [0.25, 0.3) is 0 Å². The van der Waals surface area contributed by atoms with Gasteiger partial charge in [-0.25, -0.2) is 9.59 Å². The van der Waals surface area contributed by atoms with Crippen molar-refractivity contribution in [2.75, 3.05) is 13.7 Å². The molecular weight excluding hydrogens is 336 g/mol. The van der Waals surface area contributed by atoms with Crippen LogP contribution in [0.5, 0.6) is 0 Å². The fourth-order valence-electron chi connectivity index (χ4n) is 3.24. The topological polar surface area (TPSA) is 77.8 Å². The van der Waals surface area contributed by atoms with Crippen molar-refractivity contribution in [1.82, 2.24) is 9.47 Å². The van der Waals surface area contributed by atoms with Crippen molar-refractivity contribution in [1.29, 1.82) is 0 Å². The van der Waals surface area contributed by atoms with Crippen molar-refractivity contribution < 1.29 is 19.1 Å². The van der Waals surface area contributed by atoms with Gasteiger partial charge in [0.1, 0.15) is 5.60 Å². The van der Waals surface area contributed by atoms with Gasteiger partial charge in [0.2, 0.25) is 0 Å². The van der Waals surface area contributed by atoms with Crippen molar-refractivity contribution in [2.24, 2.45) is 0 Å². The maximum absolute atomic E-state index is 12.4. The summed E-state index contributed by atoms with van der Waals surface area (Å²) in [5.74, 6) is -0.463. The molecule has 2 heterocycles. The van der Waals surface area contributed by atoms with Gasteiger partial charge in [0, 0.05) is 30.9 Å². The molecule has 1 aromatic rings. The van der Waals surface area contributed by atoms with Crippen molar-refractivity contribution in [3.05, 3.63) is 33.7 Å². The Balaban J connectivity index is 2.20. The summed E-state index contributed by atoms with van der Waals surface area (Å²) in [6, 6.07) is 1.30. The number of carbonyl (C=O) groups is 2. The third kappa shape index (κ3) is 4.45. The maximum Gasteiger partial charge on any atom is 0.410 e. The molecule has 1 unspecified atom stereocenters. The molecular formula is C19H28N2O5. The number of methoxy groups -OCH3 is 1. The number of esters is 1. The molecule has 0 saturated carbocycles. The van der Waals surface area contributed by atoms with Crippen LogP contribution < -0.4 is 5.56 Å². The van der Waals surface area contributed by atoms with Gasteiger partial charge in [0.15, 0.2) is 0 Å². The van der Waals surface area contributed by atoms with Crippen LogP contribution in [0.15, 0.2) is 17.1 Å². The van der Waals surface area contributed by atoms with Crippen LogP contribution in [0, 0.1) is 6.92 Å². The molecule has 1 saturated heterocycles. The Morgan fingerprint density at radius 3 is 2.46 bits per heavy atom. The Morgan fingerprint density at radius 1 is 1.27 bits per heavy atom. The zero-order chi connectivity index (χ0) is 19.6. The molecule has 7 nitrogen and oxygen atoms in total. The van der Waals surface area contributed by atoms with Gasteiger partial charge in [-0.3, -0.25) is 4.79 Å². The van der Waals surface area contributed by atoms with Gasteiger partial charge in [-0.15, -0.1) is 0 Å². The molecule has 1 aromatic heterocycles. The average molecular weight is 364 g/mol. The summed E-state index contributed by atoms with van der Waals surface area (Å²) < 4.78 is 11.8. The van der Waals surface area contributed by atoms with Crippen LogP contribution in [0.4, 0.5) is 4.79 Å². The van der Waals surface area contributed by atoms with E-state index < -0.39 is 11.6 Å². The molecule has 1 fully saturated rings. The average Bonchev–Trinajstić information content (AvgIpc) is 2.52. The number of carbonyl (C=O) groups excluding carboxylic acids is 2. The number of hydrogen-bond acceptors (Lipinski definition) is 5. The summed E-state index contributed by atoms with van der Waals surface area (Å²) in [7, 11) is 1.32. The predicted molar refractivity (Wildman–Crippen MR) is 97.5 cm³/mol. The number of nitrogens with zero attached hydrogens (tertiary/aromatic N) is 2. The van der Waals surface area contributed by atoms with Gasteiger partial charge in [-0.2, -0.15) is 0 Å². The summed E-state index contributed by atoms with van der Waals surface area (Å²) in [4.78, 5) is 38.4. The number of likely N-dealkylation sites (tertiary alicyclic amines) is 1. The Morgan fingerprint density at radius 2 is 1.92 bits per heavy atom. The van der Waals surface area contributed by atoms with Crippen molar-refractivity contribution in [3.8, 4) is 0 Å². The number of hydrogen-bond donors (Lipinski definition) is 0. The van der Waals surface area contributed by atoms with Crippen LogP contribution in [-0.4, -0.2) is 46.8 Å². The van der Waals surface area contributed by atoms with Crippen molar-refractivity contribution in [2.45, 2.75) is 65.1 Å². The molecule has 0 spiro atoms. The van der Waals surface area contributed by atoms with Crippen molar-refractivity contribution in [3.63, 3.8) is 0 Å². The third-order valence-electron chi connectivity index (χ3n) is 4.56. The van der Waals surface area contributed by atoms with E-state index in [2.05, 4.69) is 0 Å². The number of rotatable bonds is 2. The highest BCUT2D eigenvalue weighted by Crippen LogP contribution is 2.28. The highest BCUT2D eigenvalue weighted by atomic mass is 16.6. The molecule has 1 aliphatic heterocycles. The Bertz CT molecular complexity index is 747. The first-order valence-corrected chi connectivity index (χ1v) is 8.84. The molecule has 0 aliphatic carbocycles.